The standard InChI is InChI=1S/I2.N2/c2*1-2. The van der Waals surface area contributed by atoms with Gasteiger partial charge in [0.15, 0.2) is 0 Å². The van der Waals surface area contributed by atoms with Crippen molar-refractivity contribution < 1.29 is 0 Å². The van der Waals surface area contributed by atoms with Crippen LogP contribution in [0.2, 0.25) is 0 Å². The molecule has 0 aliphatic heterocycles. The van der Waals surface area contributed by atoms with Crippen LogP contribution >= 0.6 is 37.2 Å². The van der Waals surface area contributed by atoms with Crippen molar-refractivity contribution >= 4 is 37.2 Å². The van der Waals surface area contributed by atoms with Crippen LogP contribution in [0.5, 0.6) is 0 Å². The Bertz CT molecular complexity index is 8.75. The quantitative estimate of drug-likeness (QED) is 0.502. The lowest BCUT2D eigenvalue weighted by Crippen LogP contribution is -0.562. The van der Waals surface area contributed by atoms with Crippen molar-refractivity contribution in [2.24, 2.45) is 0 Å². The zero-order valence-corrected chi connectivity index (χ0v) is 5.97. The lowest BCUT2D eigenvalue weighted by molar-refractivity contribution is 1.15. The Labute approximate surface area is 47.7 Å². The molecule has 0 spiro atoms. The predicted molar refractivity (Wildman–Crippen MR) is 31.5 cm³/mol. The van der Waals surface area contributed by atoms with Gasteiger partial charge in [0.05, 0.1) is 0 Å². The molecule has 24 valence electrons. The van der Waals surface area contributed by atoms with E-state index in [-0.39, 0.29) is 0 Å². The number of hydrogen-bond acceptors (Lipinski definition) is 2. The van der Waals surface area contributed by atoms with Gasteiger partial charge < -0.3 is 0 Å². The molecule has 0 rings (SSSR count). The van der Waals surface area contributed by atoms with Gasteiger partial charge in [0.2, 0.25) is 0 Å². The average Bonchev–Trinajstić information content (AvgIpc) is 1.50. The highest BCUT2D eigenvalue weighted by molar-refractivity contribution is 15.0. The molecule has 0 atom stereocenters. The van der Waals surface area contributed by atoms with Gasteiger partial charge in [-0.2, -0.15) is 0 Å². The second-order valence-electron chi connectivity index (χ2n) is 0. The molecule has 4 heavy (non-hydrogen) atoms. The van der Waals surface area contributed by atoms with E-state index < -0.39 is 0 Å². The average molecular weight is 282 g/mol. The summed E-state index contributed by atoms with van der Waals surface area (Å²) in [6.45, 7) is 0. The number of hydrogen-bond donors (Lipinski definition) is 0. The summed E-state index contributed by atoms with van der Waals surface area (Å²) in [5.74, 6) is 0. The van der Waals surface area contributed by atoms with E-state index in [2.05, 4.69) is 37.2 Å². The van der Waals surface area contributed by atoms with Gasteiger partial charge >= 0.3 is 0 Å². The number of nitrogens with zero attached hydrogens (tertiary/aromatic N) is 2. The molecule has 0 saturated heterocycles. The van der Waals surface area contributed by atoms with Gasteiger partial charge in [-0.05, 0) is 0 Å². The highest BCUT2D eigenvalue weighted by Gasteiger charge is 1.00. The van der Waals surface area contributed by atoms with Crippen LogP contribution in [0.4, 0.5) is 0 Å². The second kappa shape index (κ2) is 41.6. The topological polar surface area (TPSA) is 47.6 Å². The molecule has 0 unspecified atom stereocenters. The minimum absolute atomic E-state index is 2.12. The van der Waals surface area contributed by atoms with Crippen molar-refractivity contribution in [2.45, 2.75) is 0 Å². The first kappa shape index (κ1) is 8.86. The van der Waals surface area contributed by atoms with Gasteiger partial charge in [-0.15, -0.1) is 0 Å². The van der Waals surface area contributed by atoms with Crippen molar-refractivity contribution in [2.75, 3.05) is 0 Å². The summed E-state index contributed by atoms with van der Waals surface area (Å²) in [6, 6.07) is 0. The van der Waals surface area contributed by atoms with Gasteiger partial charge in [0.1, 0.15) is 0 Å². The van der Waals surface area contributed by atoms with Gasteiger partial charge in [-0.3, -0.25) is 0 Å². The Morgan fingerprint density at radius 3 is 1.00 bits per heavy atom. The van der Waals surface area contributed by atoms with Gasteiger partial charge in [0, 0.05) is 48.0 Å². The van der Waals surface area contributed by atoms with Gasteiger partial charge in [0.25, 0.3) is 0 Å². The molecule has 0 saturated carbocycles. The molecule has 0 fully saturated rings. The lowest BCUT2D eigenvalue weighted by Gasteiger charge is -1.00. The molecule has 0 aromatic carbocycles. The van der Waals surface area contributed by atoms with Crippen molar-refractivity contribution in [3.05, 3.63) is 0 Å². The molecule has 0 bridgehead atoms. The second-order valence-corrected chi connectivity index (χ2v) is 0. The fraction of sp³-hybridized carbons (Fsp3) is 0. The third-order valence-corrected chi connectivity index (χ3v) is 0. The Balaban J connectivity index is 0. The highest BCUT2D eigenvalue weighted by Crippen LogP contribution is 1.89. The summed E-state index contributed by atoms with van der Waals surface area (Å²) >= 11 is 4.24. The third kappa shape index (κ3) is 13.1. The summed E-state index contributed by atoms with van der Waals surface area (Å²) in [5, 5.41) is 12.0. The molecular formula is I2N2. The molecule has 2 nitrogen and oxygen atoms in total. The first-order valence-electron chi connectivity index (χ1n) is 0.343. The molecule has 0 heterocycles. The van der Waals surface area contributed by atoms with E-state index in [1.807, 2.05) is 0 Å². The normalized spacial score (nSPS) is 2.00. The largest absolute Gasteiger partial charge is 0 e. The molecule has 0 aliphatic carbocycles. The zero-order valence-electron chi connectivity index (χ0n) is 1.65. The van der Waals surface area contributed by atoms with Gasteiger partial charge in [-0.25, -0.2) is 0 Å². The lowest BCUT2D eigenvalue weighted by atomic mass is 13.4. The zero-order chi connectivity index (χ0) is 4.00. The maximum atomic E-state index is 6.00. The van der Waals surface area contributed by atoms with Crippen molar-refractivity contribution in [3.8, 4) is 0 Å². The number of halogens is 2. The van der Waals surface area contributed by atoms with E-state index in [4.69, 9.17) is 10.8 Å². The minimum atomic E-state index is 2.12. The third-order valence-electron chi connectivity index (χ3n) is 0. The molecule has 0 N–H and O–H groups in total. The highest BCUT2D eigenvalue weighted by atomic mass is 128. The molecule has 0 amide bonds. The van der Waals surface area contributed by atoms with E-state index in [1.165, 1.54) is 0 Å². The summed E-state index contributed by atoms with van der Waals surface area (Å²) in [5.41, 5.74) is 0. The van der Waals surface area contributed by atoms with Crippen LogP contribution in [0.15, 0.2) is 0 Å². The molecule has 0 aromatic rings. The molecular weight excluding hydrogens is 282 g/mol. The Kier molecular flexibility index (Phi) is 92.0. The van der Waals surface area contributed by atoms with Crippen molar-refractivity contribution in [3.63, 3.8) is 0 Å². The van der Waals surface area contributed by atoms with Crippen LogP contribution in [-0.2, 0) is 0 Å². The smallest absolute Gasteiger partial charge is 0 e. The van der Waals surface area contributed by atoms with Crippen LogP contribution in [0.3, 0.4) is 0 Å². The SMILES string of the molecule is II.N#N. The first-order valence-corrected chi connectivity index (χ1v) is 6.63. The fourth-order valence-electron chi connectivity index (χ4n) is 0. The van der Waals surface area contributed by atoms with E-state index in [1.54, 1.807) is 0 Å². The van der Waals surface area contributed by atoms with E-state index in [0.717, 1.165) is 0 Å². The van der Waals surface area contributed by atoms with Crippen molar-refractivity contribution in [1.82, 2.24) is 0 Å². The summed E-state index contributed by atoms with van der Waals surface area (Å²) in [7, 11) is 0. The van der Waals surface area contributed by atoms with E-state index >= 15 is 0 Å². The first-order chi connectivity index (χ1) is 2.00. The molecule has 4 heteroatoms. The minimum Gasteiger partial charge on any atom is 0 e. The maximum Gasteiger partial charge on any atom is 0 e. The van der Waals surface area contributed by atoms with Crippen LogP contribution in [0.25, 0.3) is 0 Å². The predicted octanol–water partition coefficient (Wildman–Crippen LogP) is 1.80. The van der Waals surface area contributed by atoms with Crippen molar-refractivity contribution in [1.29, 1.82) is 10.8 Å². The maximum absolute atomic E-state index is 6.00. The Hall–Kier alpha value is 0.880. The number of rotatable bonds is 0. The van der Waals surface area contributed by atoms with Gasteiger partial charge in [-0.1, -0.05) is 0 Å². The monoisotopic (exact) mass is 282 g/mol. The van der Waals surface area contributed by atoms with Crippen LogP contribution in [-0.4, -0.2) is 0 Å². The molecule has 0 aliphatic rings. The van der Waals surface area contributed by atoms with E-state index in [0.29, 0.717) is 0 Å². The van der Waals surface area contributed by atoms with Crippen LogP contribution < -0.4 is 0 Å². The molecule has 0 radical (unpaired) electrons. The summed E-state index contributed by atoms with van der Waals surface area (Å²) < 4.78 is 0. The Morgan fingerprint density at radius 2 is 1.00 bits per heavy atom. The van der Waals surface area contributed by atoms with Crippen LogP contribution in [0.1, 0.15) is 0 Å². The molecule has 0 aromatic heterocycles. The Morgan fingerprint density at radius 1 is 1.00 bits per heavy atom. The fourth-order valence-corrected chi connectivity index (χ4v) is 0. The summed E-state index contributed by atoms with van der Waals surface area (Å²) in [4.78, 5) is 0. The van der Waals surface area contributed by atoms with Crippen LogP contribution in [0, 0.1) is 10.8 Å². The van der Waals surface area contributed by atoms with E-state index in [9.17, 15) is 0 Å². The summed E-state index contributed by atoms with van der Waals surface area (Å²) in [6.07, 6.45) is 0.